The lowest BCUT2D eigenvalue weighted by atomic mass is 9.95. The molecule has 2 N–H and O–H groups in total. The molecule has 1 fully saturated rings. The van der Waals surface area contributed by atoms with Crippen LogP contribution in [0.25, 0.3) is 0 Å². The molecule has 2 heterocycles. The Labute approximate surface area is 137 Å². The molecule has 128 valence electrons. The van der Waals surface area contributed by atoms with E-state index in [9.17, 15) is 9.59 Å². The molecular weight excluding hydrogens is 292 g/mol. The van der Waals surface area contributed by atoms with Crippen LogP contribution in [-0.4, -0.2) is 49.0 Å². The second-order valence-corrected chi connectivity index (χ2v) is 7.37. The van der Waals surface area contributed by atoms with E-state index in [-0.39, 0.29) is 17.9 Å². The molecule has 0 bridgehead atoms. The van der Waals surface area contributed by atoms with Gasteiger partial charge < -0.3 is 20.1 Å². The highest BCUT2D eigenvalue weighted by molar-refractivity contribution is 5.81. The summed E-state index contributed by atoms with van der Waals surface area (Å²) in [4.78, 5) is 32.3. The number of hydrogen-bond donors (Lipinski definition) is 2. The van der Waals surface area contributed by atoms with E-state index in [1.165, 1.54) is 0 Å². The van der Waals surface area contributed by atoms with Gasteiger partial charge in [-0.2, -0.15) is 0 Å². The predicted octanol–water partition coefficient (Wildman–Crippen LogP) is 1.10. The average Bonchev–Trinajstić information content (AvgIpc) is 2.45. The van der Waals surface area contributed by atoms with Crippen molar-refractivity contribution >= 4 is 11.7 Å². The van der Waals surface area contributed by atoms with Crippen molar-refractivity contribution in [2.24, 2.45) is 5.41 Å². The number of likely N-dealkylation sites (N-methyl/N-ethyl adjacent to an activating group) is 1. The lowest BCUT2D eigenvalue weighted by Gasteiger charge is -2.35. The molecule has 6 nitrogen and oxygen atoms in total. The zero-order valence-electron chi connectivity index (χ0n) is 14.8. The number of nitrogens with one attached hydrogen (secondary N) is 2. The van der Waals surface area contributed by atoms with Gasteiger partial charge in [0, 0.05) is 43.4 Å². The second kappa shape index (κ2) is 6.74. The number of carbonyl (C=O) groups is 1. The average molecular weight is 320 g/mol. The van der Waals surface area contributed by atoms with Gasteiger partial charge in [-0.1, -0.05) is 20.8 Å². The Bertz CT molecular complexity index is 622. The molecule has 1 saturated heterocycles. The van der Waals surface area contributed by atoms with E-state index in [2.05, 4.69) is 27.1 Å². The van der Waals surface area contributed by atoms with Crippen LogP contribution in [0.15, 0.2) is 10.9 Å². The van der Waals surface area contributed by atoms with Gasteiger partial charge in [0.15, 0.2) is 5.43 Å². The number of rotatable bonds is 3. The minimum absolute atomic E-state index is 0.0237. The van der Waals surface area contributed by atoms with E-state index in [4.69, 9.17) is 0 Å². The number of hydrogen-bond acceptors (Lipinski definition) is 4. The van der Waals surface area contributed by atoms with Crippen molar-refractivity contribution < 1.29 is 4.79 Å². The first kappa shape index (κ1) is 17.5. The van der Waals surface area contributed by atoms with Gasteiger partial charge in [0.05, 0.1) is 12.1 Å². The molecule has 6 heteroatoms. The van der Waals surface area contributed by atoms with Crippen LogP contribution in [-0.2, 0) is 11.3 Å². The van der Waals surface area contributed by atoms with Crippen LogP contribution in [0.1, 0.15) is 32.0 Å². The Morgan fingerprint density at radius 3 is 2.43 bits per heavy atom. The quantitative estimate of drug-likeness (QED) is 0.875. The summed E-state index contributed by atoms with van der Waals surface area (Å²) in [6.07, 6.45) is 0. The Hall–Kier alpha value is -1.82. The van der Waals surface area contributed by atoms with Crippen molar-refractivity contribution in [1.29, 1.82) is 0 Å². The summed E-state index contributed by atoms with van der Waals surface area (Å²) in [6, 6.07) is 1.60. The number of pyridine rings is 1. The molecule has 0 unspecified atom stereocenters. The molecule has 1 aliphatic heterocycles. The molecule has 1 aliphatic rings. The third kappa shape index (κ3) is 4.34. The first-order chi connectivity index (χ1) is 10.7. The number of amides is 1. The fourth-order valence-electron chi connectivity index (χ4n) is 2.60. The third-order valence-corrected chi connectivity index (χ3v) is 4.17. The van der Waals surface area contributed by atoms with Crippen LogP contribution in [0.2, 0.25) is 0 Å². The maximum absolute atomic E-state index is 12.4. The number of aromatic amines is 1. The molecular formula is C17H28N4O2. The topological polar surface area (TPSA) is 68.4 Å². The van der Waals surface area contributed by atoms with Gasteiger partial charge in [0.2, 0.25) is 5.91 Å². The Morgan fingerprint density at radius 2 is 1.87 bits per heavy atom. The summed E-state index contributed by atoms with van der Waals surface area (Å²) in [5.41, 5.74) is 0.989. The minimum Gasteiger partial charge on any atom is -0.355 e. The zero-order chi connectivity index (χ0) is 17.2. The van der Waals surface area contributed by atoms with E-state index >= 15 is 0 Å². The number of H-pyrrole nitrogens is 1. The maximum Gasteiger partial charge on any atom is 0.225 e. The number of aromatic nitrogens is 1. The Balaban J connectivity index is 2.24. The van der Waals surface area contributed by atoms with Gasteiger partial charge in [0.25, 0.3) is 0 Å². The van der Waals surface area contributed by atoms with Crippen molar-refractivity contribution in [3.8, 4) is 0 Å². The van der Waals surface area contributed by atoms with Gasteiger partial charge >= 0.3 is 0 Å². The fraction of sp³-hybridized carbons (Fsp3) is 0.647. The van der Waals surface area contributed by atoms with Crippen molar-refractivity contribution in [3.63, 3.8) is 0 Å². The lowest BCUT2D eigenvalue weighted by Crippen LogP contribution is -2.46. The van der Waals surface area contributed by atoms with Crippen LogP contribution in [0.5, 0.6) is 0 Å². The van der Waals surface area contributed by atoms with Crippen molar-refractivity contribution in [3.05, 3.63) is 27.5 Å². The maximum atomic E-state index is 12.4. The van der Waals surface area contributed by atoms with Gasteiger partial charge in [-0.25, -0.2) is 0 Å². The highest BCUT2D eigenvalue weighted by Crippen LogP contribution is 2.18. The summed E-state index contributed by atoms with van der Waals surface area (Å²) in [6.45, 7) is 11.4. The predicted molar refractivity (Wildman–Crippen MR) is 92.8 cm³/mol. The molecule has 0 aliphatic carbocycles. The van der Waals surface area contributed by atoms with Gasteiger partial charge in [0.1, 0.15) is 5.82 Å². The van der Waals surface area contributed by atoms with E-state index in [0.717, 1.165) is 37.7 Å². The molecule has 1 amide bonds. The smallest absolute Gasteiger partial charge is 0.225 e. The SMILES string of the molecule is Cc1cc(=O)c(CNC(=O)C(C)(C)C)c(N2CCN(C)CC2)[nH]1. The van der Waals surface area contributed by atoms with Gasteiger partial charge in [-0.15, -0.1) is 0 Å². The number of nitrogens with zero attached hydrogens (tertiary/aromatic N) is 2. The third-order valence-electron chi connectivity index (χ3n) is 4.17. The molecule has 1 aromatic heterocycles. The minimum atomic E-state index is -0.467. The van der Waals surface area contributed by atoms with Gasteiger partial charge in [-0.05, 0) is 14.0 Å². The normalized spacial score (nSPS) is 16.5. The van der Waals surface area contributed by atoms with Gasteiger partial charge in [-0.3, -0.25) is 9.59 Å². The Kier molecular flexibility index (Phi) is 5.14. The van der Waals surface area contributed by atoms with Crippen LogP contribution in [0, 0.1) is 12.3 Å². The highest BCUT2D eigenvalue weighted by atomic mass is 16.2. The summed E-state index contributed by atoms with van der Waals surface area (Å²) >= 11 is 0. The van der Waals surface area contributed by atoms with E-state index in [1.807, 2.05) is 27.7 Å². The highest BCUT2D eigenvalue weighted by Gasteiger charge is 2.23. The zero-order valence-corrected chi connectivity index (χ0v) is 14.8. The molecule has 1 aromatic rings. The van der Waals surface area contributed by atoms with Crippen molar-refractivity contribution in [2.75, 3.05) is 38.1 Å². The fourth-order valence-corrected chi connectivity index (χ4v) is 2.60. The molecule has 0 spiro atoms. The lowest BCUT2D eigenvalue weighted by molar-refractivity contribution is -0.128. The van der Waals surface area contributed by atoms with E-state index < -0.39 is 5.41 Å². The first-order valence-electron chi connectivity index (χ1n) is 8.13. The summed E-state index contributed by atoms with van der Waals surface area (Å²) in [5.74, 6) is 0.791. The number of anilines is 1. The molecule has 0 atom stereocenters. The van der Waals surface area contributed by atoms with Crippen molar-refractivity contribution in [1.82, 2.24) is 15.2 Å². The summed E-state index contributed by atoms with van der Waals surface area (Å²) in [5, 5.41) is 2.89. The largest absolute Gasteiger partial charge is 0.355 e. The van der Waals surface area contributed by atoms with Crippen molar-refractivity contribution in [2.45, 2.75) is 34.2 Å². The van der Waals surface area contributed by atoms with E-state index in [0.29, 0.717) is 5.56 Å². The first-order valence-corrected chi connectivity index (χ1v) is 8.13. The van der Waals surface area contributed by atoms with E-state index in [1.54, 1.807) is 6.07 Å². The number of piperazine rings is 1. The molecule has 0 radical (unpaired) electrons. The molecule has 2 rings (SSSR count). The van der Waals surface area contributed by atoms with Crippen LogP contribution in [0.4, 0.5) is 5.82 Å². The number of carbonyl (C=O) groups excluding carboxylic acids is 1. The summed E-state index contributed by atoms with van der Waals surface area (Å²) < 4.78 is 0. The molecule has 0 aromatic carbocycles. The summed E-state index contributed by atoms with van der Waals surface area (Å²) in [7, 11) is 2.10. The van der Waals surface area contributed by atoms with Crippen LogP contribution in [0.3, 0.4) is 0 Å². The molecule has 23 heavy (non-hydrogen) atoms. The van der Waals surface area contributed by atoms with Crippen LogP contribution >= 0.6 is 0 Å². The monoisotopic (exact) mass is 320 g/mol. The standard InChI is InChI=1S/C17H28N4O2/c1-12-10-14(22)13(11-18-16(23)17(2,3)4)15(19-12)21-8-6-20(5)7-9-21/h10H,6-9,11H2,1-5H3,(H,18,23)(H,19,22). The second-order valence-electron chi connectivity index (χ2n) is 7.37. The number of aryl methyl sites for hydroxylation is 1. The van der Waals surface area contributed by atoms with Crippen LogP contribution < -0.4 is 15.6 Å². The molecule has 0 saturated carbocycles. The Morgan fingerprint density at radius 1 is 1.26 bits per heavy atom.